The third kappa shape index (κ3) is 4.53. The number of hydrogen-bond donors (Lipinski definition) is 2. The van der Waals surface area contributed by atoms with Gasteiger partial charge in [-0.25, -0.2) is 9.59 Å². The van der Waals surface area contributed by atoms with E-state index >= 15 is 0 Å². The molecule has 1 aliphatic heterocycles. The molecular weight excluding hydrogens is 288 g/mol. The Kier molecular flexibility index (Phi) is 6.21. The molecule has 2 N–H and O–H groups in total. The number of nitrogens with zero attached hydrogens (tertiary/aromatic N) is 1. The predicted octanol–water partition coefficient (Wildman–Crippen LogP) is 2.41. The first-order valence-corrected chi connectivity index (χ1v) is 9.28. The highest BCUT2D eigenvalue weighted by molar-refractivity contribution is 7.98. The summed E-state index contributed by atoms with van der Waals surface area (Å²) >= 11 is 1.60. The Hall–Kier alpha value is -0.910. The monoisotopic (exact) mass is 314 g/mol. The van der Waals surface area contributed by atoms with Crippen LogP contribution in [0.15, 0.2) is 0 Å². The molecule has 1 aliphatic carbocycles. The lowest BCUT2D eigenvalue weighted by atomic mass is 9.75. The summed E-state index contributed by atoms with van der Waals surface area (Å²) in [5.74, 6) is 1.19. The number of nitrogens with one attached hydrogen (secondary N) is 1. The molecule has 6 heteroatoms. The summed E-state index contributed by atoms with van der Waals surface area (Å²) in [4.78, 5) is 25.3. The van der Waals surface area contributed by atoms with E-state index in [0.29, 0.717) is 12.3 Å². The second-order valence-corrected chi connectivity index (χ2v) is 7.15. The summed E-state index contributed by atoms with van der Waals surface area (Å²) in [5.41, 5.74) is 0. The fraction of sp³-hybridized carbons (Fsp3) is 0.867. The molecule has 0 bridgehead atoms. The van der Waals surface area contributed by atoms with E-state index in [2.05, 4.69) is 5.32 Å². The lowest BCUT2D eigenvalue weighted by Gasteiger charge is -2.41. The highest BCUT2D eigenvalue weighted by Gasteiger charge is 2.33. The molecule has 0 aromatic rings. The number of fused-ring (bicyclic) bond motifs is 1. The van der Waals surface area contributed by atoms with Crippen LogP contribution in [0.2, 0.25) is 0 Å². The Morgan fingerprint density at radius 1 is 1.29 bits per heavy atom. The van der Waals surface area contributed by atoms with Crippen LogP contribution < -0.4 is 5.32 Å². The van der Waals surface area contributed by atoms with Crippen LogP contribution in [0.25, 0.3) is 0 Å². The maximum absolute atomic E-state index is 12.3. The number of urea groups is 1. The van der Waals surface area contributed by atoms with Gasteiger partial charge in [0.1, 0.15) is 6.04 Å². The van der Waals surface area contributed by atoms with E-state index < -0.39 is 12.0 Å². The summed E-state index contributed by atoms with van der Waals surface area (Å²) in [5, 5.41) is 11.9. The van der Waals surface area contributed by atoms with Gasteiger partial charge in [0.05, 0.1) is 0 Å². The van der Waals surface area contributed by atoms with Gasteiger partial charge in [-0.2, -0.15) is 11.8 Å². The largest absolute Gasteiger partial charge is 0.480 e. The minimum absolute atomic E-state index is 0.201. The van der Waals surface area contributed by atoms with Crippen molar-refractivity contribution in [2.45, 2.75) is 44.6 Å². The molecule has 2 aliphatic rings. The summed E-state index contributed by atoms with van der Waals surface area (Å²) in [6, 6.07) is -0.971. The second kappa shape index (κ2) is 7.92. The minimum Gasteiger partial charge on any atom is -0.480 e. The number of carboxylic acid groups (broad SMARTS) is 1. The van der Waals surface area contributed by atoms with E-state index in [-0.39, 0.29) is 6.03 Å². The molecule has 5 nitrogen and oxygen atoms in total. The Balaban J connectivity index is 1.85. The number of likely N-dealkylation sites (tertiary alicyclic amines) is 1. The Morgan fingerprint density at radius 3 is 2.67 bits per heavy atom. The molecule has 120 valence electrons. The first-order chi connectivity index (χ1) is 10.1. The van der Waals surface area contributed by atoms with Crippen molar-refractivity contribution in [3.63, 3.8) is 0 Å². The lowest BCUT2D eigenvalue weighted by molar-refractivity contribution is -0.139. The van der Waals surface area contributed by atoms with Crippen molar-refractivity contribution >= 4 is 23.8 Å². The van der Waals surface area contributed by atoms with Crippen LogP contribution in [-0.2, 0) is 4.79 Å². The van der Waals surface area contributed by atoms with Crippen molar-refractivity contribution in [2.75, 3.05) is 25.1 Å². The third-order valence-electron chi connectivity index (χ3n) is 4.78. The number of rotatable bonds is 5. The number of piperidine rings is 1. The van der Waals surface area contributed by atoms with E-state index in [9.17, 15) is 14.7 Å². The highest BCUT2D eigenvalue weighted by Crippen LogP contribution is 2.35. The van der Waals surface area contributed by atoms with Gasteiger partial charge >= 0.3 is 12.0 Å². The van der Waals surface area contributed by atoms with Crippen molar-refractivity contribution in [3.05, 3.63) is 0 Å². The molecule has 0 radical (unpaired) electrons. The smallest absolute Gasteiger partial charge is 0.326 e. The van der Waals surface area contributed by atoms with Gasteiger partial charge in [0.25, 0.3) is 0 Å². The summed E-state index contributed by atoms with van der Waals surface area (Å²) < 4.78 is 0. The molecule has 1 heterocycles. The molecule has 21 heavy (non-hydrogen) atoms. The van der Waals surface area contributed by atoms with Crippen molar-refractivity contribution in [3.8, 4) is 0 Å². The number of carbonyl (C=O) groups excluding carboxylic acids is 1. The normalized spacial score (nSPS) is 26.8. The number of aliphatic carboxylic acids is 1. The maximum Gasteiger partial charge on any atom is 0.326 e. The van der Waals surface area contributed by atoms with Gasteiger partial charge in [0, 0.05) is 13.1 Å². The van der Waals surface area contributed by atoms with Gasteiger partial charge in [-0.3, -0.25) is 0 Å². The SMILES string of the molecule is CSCC[C@H](NC(=O)N1CCC2CCCCC2C1)C(=O)O. The molecule has 2 rings (SSSR count). The van der Waals surface area contributed by atoms with Gasteiger partial charge < -0.3 is 15.3 Å². The molecule has 2 unspecified atom stereocenters. The zero-order valence-corrected chi connectivity index (χ0v) is 13.5. The number of carboxylic acids is 1. The molecule has 2 amide bonds. The molecule has 1 saturated heterocycles. The van der Waals surface area contributed by atoms with E-state index in [4.69, 9.17) is 0 Å². The first kappa shape index (κ1) is 16.5. The highest BCUT2D eigenvalue weighted by atomic mass is 32.2. The molecule has 2 fully saturated rings. The average molecular weight is 314 g/mol. The van der Waals surface area contributed by atoms with Gasteiger partial charge in [-0.1, -0.05) is 19.3 Å². The fourth-order valence-electron chi connectivity index (χ4n) is 3.52. The topological polar surface area (TPSA) is 69.6 Å². The zero-order chi connectivity index (χ0) is 15.2. The van der Waals surface area contributed by atoms with Crippen molar-refractivity contribution < 1.29 is 14.7 Å². The summed E-state index contributed by atoms with van der Waals surface area (Å²) in [7, 11) is 0. The number of amides is 2. The lowest BCUT2D eigenvalue weighted by Crippen LogP contribution is -2.52. The zero-order valence-electron chi connectivity index (χ0n) is 12.7. The standard InChI is InChI=1S/C15H26N2O3S/c1-21-9-7-13(14(18)19)16-15(20)17-8-6-11-4-2-3-5-12(11)10-17/h11-13H,2-10H2,1H3,(H,16,20)(H,18,19)/t11?,12?,13-/m0/s1. The van der Waals surface area contributed by atoms with Gasteiger partial charge in [-0.15, -0.1) is 0 Å². The second-order valence-electron chi connectivity index (χ2n) is 6.16. The minimum atomic E-state index is -0.940. The molecule has 1 saturated carbocycles. The van der Waals surface area contributed by atoms with Crippen LogP contribution in [0, 0.1) is 11.8 Å². The number of carbonyl (C=O) groups is 2. The number of thioether (sulfide) groups is 1. The third-order valence-corrected chi connectivity index (χ3v) is 5.43. The van der Waals surface area contributed by atoms with Crippen LogP contribution in [-0.4, -0.2) is 53.1 Å². The van der Waals surface area contributed by atoms with Crippen molar-refractivity contribution in [1.82, 2.24) is 10.2 Å². The van der Waals surface area contributed by atoms with Crippen LogP contribution in [0.5, 0.6) is 0 Å². The van der Waals surface area contributed by atoms with Crippen molar-refractivity contribution in [1.29, 1.82) is 0 Å². The molecule has 0 spiro atoms. The van der Waals surface area contributed by atoms with Gasteiger partial charge in [-0.05, 0) is 43.1 Å². The van der Waals surface area contributed by atoms with E-state index in [0.717, 1.165) is 31.2 Å². The number of hydrogen-bond acceptors (Lipinski definition) is 3. The van der Waals surface area contributed by atoms with E-state index in [1.807, 2.05) is 11.2 Å². The molecule has 3 atom stereocenters. The fourth-order valence-corrected chi connectivity index (χ4v) is 3.99. The quantitative estimate of drug-likeness (QED) is 0.817. The Labute approximate surface area is 130 Å². The van der Waals surface area contributed by atoms with E-state index in [1.165, 1.54) is 25.7 Å². The van der Waals surface area contributed by atoms with Crippen LogP contribution in [0.4, 0.5) is 4.79 Å². The van der Waals surface area contributed by atoms with Crippen LogP contribution >= 0.6 is 11.8 Å². The van der Waals surface area contributed by atoms with Crippen LogP contribution in [0.3, 0.4) is 0 Å². The first-order valence-electron chi connectivity index (χ1n) is 7.89. The maximum atomic E-state index is 12.3. The van der Waals surface area contributed by atoms with E-state index in [1.54, 1.807) is 11.8 Å². The summed E-state index contributed by atoms with van der Waals surface area (Å²) in [6.45, 7) is 1.56. The van der Waals surface area contributed by atoms with Crippen LogP contribution in [0.1, 0.15) is 38.5 Å². The average Bonchev–Trinajstić information content (AvgIpc) is 2.50. The van der Waals surface area contributed by atoms with Gasteiger partial charge in [0.2, 0.25) is 0 Å². The summed E-state index contributed by atoms with van der Waals surface area (Å²) in [6.07, 6.45) is 8.58. The molecular formula is C15H26N2O3S. The van der Waals surface area contributed by atoms with Gasteiger partial charge in [0.15, 0.2) is 0 Å². The predicted molar refractivity (Wildman–Crippen MR) is 84.6 cm³/mol. The Bertz CT molecular complexity index is 378. The molecule has 0 aromatic carbocycles. The Morgan fingerprint density at radius 2 is 2.00 bits per heavy atom. The van der Waals surface area contributed by atoms with Crippen molar-refractivity contribution in [2.24, 2.45) is 11.8 Å². The molecule has 0 aromatic heterocycles.